The van der Waals surface area contributed by atoms with Crippen molar-refractivity contribution in [2.45, 2.75) is 289 Å². The lowest BCUT2D eigenvalue weighted by atomic mass is 10.0. The van der Waals surface area contributed by atoms with Gasteiger partial charge in [-0.3, -0.25) is 9.59 Å². The number of esters is 1. The van der Waals surface area contributed by atoms with E-state index in [2.05, 4.69) is 62.5 Å². The van der Waals surface area contributed by atoms with Crippen LogP contribution in [-0.2, 0) is 14.3 Å². The van der Waals surface area contributed by atoms with Gasteiger partial charge in [0, 0.05) is 6.42 Å². The van der Waals surface area contributed by atoms with Crippen molar-refractivity contribution in [3.05, 3.63) is 36.5 Å². The van der Waals surface area contributed by atoms with E-state index in [0.717, 1.165) is 83.5 Å². The molecule has 0 heterocycles. The monoisotopic (exact) mass is 844 g/mol. The molecule has 1 amide bonds. The Balaban J connectivity index is 4.58. The van der Waals surface area contributed by atoms with E-state index in [1.165, 1.54) is 141 Å². The van der Waals surface area contributed by atoms with Gasteiger partial charge in [0.15, 0.2) is 0 Å². The summed E-state index contributed by atoms with van der Waals surface area (Å²) in [5.41, 5.74) is 0. The van der Waals surface area contributed by atoms with E-state index in [9.17, 15) is 19.8 Å². The van der Waals surface area contributed by atoms with Crippen molar-refractivity contribution in [1.82, 2.24) is 5.32 Å². The molecule has 0 bridgehead atoms. The van der Waals surface area contributed by atoms with Crippen LogP contribution >= 0.6 is 0 Å². The van der Waals surface area contributed by atoms with E-state index in [4.69, 9.17) is 4.74 Å². The fourth-order valence-corrected chi connectivity index (χ4v) is 7.97. The molecule has 3 atom stereocenters. The van der Waals surface area contributed by atoms with Crippen molar-refractivity contribution in [2.24, 2.45) is 0 Å². The van der Waals surface area contributed by atoms with Gasteiger partial charge in [0.25, 0.3) is 0 Å². The molecule has 0 aromatic carbocycles. The first kappa shape index (κ1) is 58.1. The lowest BCUT2D eigenvalue weighted by Gasteiger charge is -2.24. The SMILES string of the molecule is CCCCC/C=C\C/C=C\C/C=C\CCCCCCC(CC(=O)NC(CO)C(O)CCCCCCCCCCCCCCCC)OC(=O)CCCCCCCCCCCC. The summed E-state index contributed by atoms with van der Waals surface area (Å²) in [7, 11) is 0. The first-order chi connectivity index (χ1) is 29.5. The third-order valence-electron chi connectivity index (χ3n) is 12.0. The van der Waals surface area contributed by atoms with E-state index >= 15 is 0 Å². The van der Waals surface area contributed by atoms with Crippen molar-refractivity contribution < 1.29 is 24.5 Å². The molecule has 0 aromatic heterocycles. The van der Waals surface area contributed by atoms with Crippen molar-refractivity contribution in [3.8, 4) is 0 Å². The van der Waals surface area contributed by atoms with Crippen LogP contribution in [0.5, 0.6) is 0 Å². The number of aliphatic hydroxyl groups excluding tert-OH is 2. The highest BCUT2D eigenvalue weighted by Crippen LogP contribution is 2.18. The smallest absolute Gasteiger partial charge is 0.306 e. The molecule has 0 saturated carbocycles. The number of carbonyl (C=O) groups excluding carboxylic acids is 2. The average Bonchev–Trinajstić information content (AvgIpc) is 3.24. The molecule has 6 nitrogen and oxygen atoms in total. The van der Waals surface area contributed by atoms with Crippen molar-refractivity contribution in [2.75, 3.05) is 6.61 Å². The Bertz CT molecular complexity index is 993. The normalized spacial score (nSPS) is 13.5. The minimum absolute atomic E-state index is 0.0662. The van der Waals surface area contributed by atoms with E-state index in [1.54, 1.807) is 0 Å². The number of ether oxygens (including phenoxy) is 1. The van der Waals surface area contributed by atoms with Gasteiger partial charge in [0.05, 0.1) is 25.2 Å². The fraction of sp³-hybridized carbons (Fsp3) is 0.852. The lowest BCUT2D eigenvalue weighted by Crippen LogP contribution is -2.46. The zero-order chi connectivity index (χ0) is 43.8. The summed E-state index contributed by atoms with van der Waals surface area (Å²) in [6.07, 6.45) is 56.3. The van der Waals surface area contributed by atoms with Gasteiger partial charge in [0.2, 0.25) is 5.91 Å². The molecule has 0 aliphatic heterocycles. The Hall–Kier alpha value is -1.92. The summed E-state index contributed by atoms with van der Waals surface area (Å²) in [6.45, 7) is 6.45. The topological polar surface area (TPSA) is 95.9 Å². The number of hydrogen-bond acceptors (Lipinski definition) is 5. The van der Waals surface area contributed by atoms with Crippen LogP contribution in [0.3, 0.4) is 0 Å². The summed E-state index contributed by atoms with van der Waals surface area (Å²) in [6, 6.07) is -0.705. The fourth-order valence-electron chi connectivity index (χ4n) is 7.97. The predicted octanol–water partition coefficient (Wildman–Crippen LogP) is 15.7. The Morgan fingerprint density at radius 3 is 1.32 bits per heavy atom. The van der Waals surface area contributed by atoms with Gasteiger partial charge < -0.3 is 20.3 Å². The van der Waals surface area contributed by atoms with Gasteiger partial charge in [-0.2, -0.15) is 0 Å². The first-order valence-corrected chi connectivity index (χ1v) is 26.2. The third kappa shape index (κ3) is 42.8. The van der Waals surface area contributed by atoms with Crippen LogP contribution in [0.25, 0.3) is 0 Å². The van der Waals surface area contributed by atoms with Crippen LogP contribution < -0.4 is 5.32 Å². The van der Waals surface area contributed by atoms with Crippen LogP contribution in [0.15, 0.2) is 36.5 Å². The highest BCUT2D eigenvalue weighted by Gasteiger charge is 2.24. The van der Waals surface area contributed by atoms with Gasteiger partial charge in [-0.05, 0) is 64.2 Å². The number of unbranched alkanes of at least 4 members (excludes halogenated alkanes) is 29. The molecular weight excluding hydrogens is 743 g/mol. The van der Waals surface area contributed by atoms with Gasteiger partial charge >= 0.3 is 5.97 Å². The largest absolute Gasteiger partial charge is 0.462 e. The molecule has 0 rings (SSSR count). The van der Waals surface area contributed by atoms with Crippen LogP contribution in [-0.4, -0.2) is 46.9 Å². The zero-order valence-electron chi connectivity index (χ0n) is 40.1. The average molecular weight is 844 g/mol. The molecule has 0 fully saturated rings. The second kappa shape index (κ2) is 48.1. The molecule has 352 valence electrons. The van der Waals surface area contributed by atoms with Crippen molar-refractivity contribution >= 4 is 11.9 Å². The predicted molar refractivity (Wildman–Crippen MR) is 259 cm³/mol. The number of carbonyl (C=O) groups is 2. The summed E-state index contributed by atoms with van der Waals surface area (Å²) in [5, 5.41) is 23.8. The Kier molecular flexibility index (Phi) is 46.6. The molecule has 0 saturated heterocycles. The van der Waals surface area contributed by atoms with Crippen molar-refractivity contribution in [1.29, 1.82) is 0 Å². The Morgan fingerprint density at radius 2 is 0.850 bits per heavy atom. The molecule has 3 N–H and O–H groups in total. The van der Waals surface area contributed by atoms with Gasteiger partial charge in [0.1, 0.15) is 6.10 Å². The second-order valence-electron chi connectivity index (χ2n) is 17.9. The molecular formula is C54H101NO5. The van der Waals surface area contributed by atoms with Crippen LogP contribution in [0, 0.1) is 0 Å². The molecule has 60 heavy (non-hydrogen) atoms. The molecule has 6 heteroatoms. The molecule has 3 unspecified atom stereocenters. The van der Waals surface area contributed by atoms with E-state index in [-0.39, 0.29) is 24.9 Å². The highest BCUT2D eigenvalue weighted by atomic mass is 16.5. The Labute approximate surface area is 373 Å². The maximum Gasteiger partial charge on any atom is 0.306 e. The molecule has 0 aliphatic carbocycles. The molecule has 0 spiro atoms. The number of allylic oxidation sites excluding steroid dienone is 6. The van der Waals surface area contributed by atoms with Crippen LogP contribution in [0.4, 0.5) is 0 Å². The Morgan fingerprint density at radius 1 is 0.483 bits per heavy atom. The first-order valence-electron chi connectivity index (χ1n) is 26.2. The summed E-state index contributed by atoms with van der Waals surface area (Å²) < 4.78 is 5.92. The van der Waals surface area contributed by atoms with Crippen molar-refractivity contribution in [3.63, 3.8) is 0 Å². The van der Waals surface area contributed by atoms with Gasteiger partial charge in [-0.1, -0.05) is 231 Å². The minimum atomic E-state index is -0.791. The maximum atomic E-state index is 13.2. The number of amides is 1. The second-order valence-corrected chi connectivity index (χ2v) is 17.9. The summed E-state index contributed by atoms with van der Waals surface area (Å²) in [5.74, 6) is -0.487. The third-order valence-corrected chi connectivity index (χ3v) is 12.0. The number of hydrogen-bond donors (Lipinski definition) is 3. The molecule has 0 aromatic rings. The van der Waals surface area contributed by atoms with E-state index < -0.39 is 18.2 Å². The number of aliphatic hydroxyl groups is 2. The summed E-state index contributed by atoms with van der Waals surface area (Å²) >= 11 is 0. The number of nitrogens with one attached hydrogen (secondary N) is 1. The maximum absolute atomic E-state index is 13.2. The lowest BCUT2D eigenvalue weighted by molar-refractivity contribution is -0.151. The zero-order valence-corrected chi connectivity index (χ0v) is 40.1. The number of rotatable bonds is 47. The quantitative estimate of drug-likeness (QED) is 0.0322. The van der Waals surface area contributed by atoms with Gasteiger partial charge in [-0.15, -0.1) is 0 Å². The standard InChI is InChI=1S/C54H101NO5/c1-4-7-10-13-16-19-22-24-26-27-28-29-31-33-36-39-42-45-50(60-54(59)47-44-41-38-35-21-18-15-12-9-6-3)48-53(58)55-51(49-56)52(57)46-43-40-37-34-32-30-25-23-20-17-14-11-8-5-2/h16,19,24,26,28-29,50-52,56-57H,4-15,17-18,20-23,25,27,30-49H2,1-3H3,(H,55,58)/b19-16-,26-24-,29-28-. The van der Waals surface area contributed by atoms with E-state index in [0.29, 0.717) is 19.3 Å². The van der Waals surface area contributed by atoms with E-state index in [1.807, 2.05) is 0 Å². The minimum Gasteiger partial charge on any atom is -0.462 e. The molecule has 0 aliphatic rings. The summed E-state index contributed by atoms with van der Waals surface area (Å²) in [4.78, 5) is 26.1. The molecule has 0 radical (unpaired) electrons. The highest BCUT2D eigenvalue weighted by molar-refractivity contribution is 5.77. The van der Waals surface area contributed by atoms with Gasteiger partial charge in [-0.25, -0.2) is 0 Å². The van der Waals surface area contributed by atoms with Crippen LogP contribution in [0.2, 0.25) is 0 Å². The van der Waals surface area contributed by atoms with Crippen LogP contribution in [0.1, 0.15) is 271 Å².